The first-order valence-corrected chi connectivity index (χ1v) is 6.27. The third-order valence-corrected chi connectivity index (χ3v) is 3.33. The molecule has 0 spiro atoms. The molecule has 19 heavy (non-hydrogen) atoms. The highest BCUT2D eigenvalue weighted by molar-refractivity contribution is 9.10. The van der Waals surface area contributed by atoms with Gasteiger partial charge in [0, 0.05) is 11.4 Å². The molecular formula is C12H12BrFN4O. The summed E-state index contributed by atoms with van der Waals surface area (Å²) in [5.41, 5.74) is 7.56. The second-order valence-corrected chi connectivity index (χ2v) is 5.00. The van der Waals surface area contributed by atoms with Crippen molar-refractivity contribution in [2.24, 2.45) is 0 Å². The van der Waals surface area contributed by atoms with E-state index in [9.17, 15) is 9.18 Å². The van der Waals surface area contributed by atoms with Crippen molar-refractivity contribution in [1.29, 1.82) is 0 Å². The van der Waals surface area contributed by atoms with Gasteiger partial charge in [-0.05, 0) is 47.5 Å². The van der Waals surface area contributed by atoms with Crippen molar-refractivity contribution >= 4 is 33.3 Å². The molecule has 0 aliphatic rings. The van der Waals surface area contributed by atoms with Gasteiger partial charge in [0.25, 0.3) is 5.91 Å². The van der Waals surface area contributed by atoms with Crippen LogP contribution in [0.25, 0.3) is 0 Å². The van der Waals surface area contributed by atoms with Crippen LogP contribution in [0.2, 0.25) is 0 Å². The molecular weight excluding hydrogens is 315 g/mol. The monoisotopic (exact) mass is 326 g/mol. The molecule has 2 rings (SSSR count). The lowest BCUT2D eigenvalue weighted by molar-refractivity contribution is 0.102. The van der Waals surface area contributed by atoms with E-state index in [2.05, 4.69) is 31.4 Å². The first-order chi connectivity index (χ1) is 8.90. The van der Waals surface area contributed by atoms with E-state index < -0.39 is 11.7 Å². The van der Waals surface area contributed by atoms with Crippen LogP contribution in [0.3, 0.4) is 0 Å². The number of carbonyl (C=O) groups excluding carboxylic acids is 1. The van der Waals surface area contributed by atoms with Crippen LogP contribution < -0.4 is 11.1 Å². The fraction of sp³-hybridized carbons (Fsp3) is 0.167. The number of halogens is 2. The molecule has 0 aliphatic heterocycles. The number of hydrogen-bond donors (Lipinski definition) is 3. The zero-order valence-corrected chi connectivity index (χ0v) is 11.9. The van der Waals surface area contributed by atoms with Crippen LogP contribution in [0.4, 0.5) is 15.9 Å². The van der Waals surface area contributed by atoms with Crippen molar-refractivity contribution in [3.8, 4) is 0 Å². The van der Waals surface area contributed by atoms with Crippen molar-refractivity contribution in [3.05, 3.63) is 39.2 Å². The quantitative estimate of drug-likeness (QED) is 0.793. The van der Waals surface area contributed by atoms with Crippen molar-refractivity contribution in [3.63, 3.8) is 0 Å². The maximum Gasteiger partial charge on any atom is 0.261 e. The van der Waals surface area contributed by atoms with Gasteiger partial charge in [-0.2, -0.15) is 5.10 Å². The Morgan fingerprint density at radius 3 is 2.74 bits per heavy atom. The molecule has 1 amide bonds. The van der Waals surface area contributed by atoms with Gasteiger partial charge >= 0.3 is 0 Å². The molecule has 0 radical (unpaired) electrons. The molecule has 100 valence electrons. The number of aromatic amines is 1. The van der Waals surface area contributed by atoms with Crippen LogP contribution in [0.5, 0.6) is 0 Å². The topological polar surface area (TPSA) is 83.8 Å². The van der Waals surface area contributed by atoms with Gasteiger partial charge in [0.05, 0.1) is 4.47 Å². The van der Waals surface area contributed by atoms with Crippen molar-refractivity contribution in [2.75, 3.05) is 11.1 Å². The zero-order chi connectivity index (χ0) is 14.2. The molecule has 1 heterocycles. The van der Waals surface area contributed by atoms with Crippen molar-refractivity contribution in [2.45, 2.75) is 13.8 Å². The Bertz CT molecular complexity index is 634. The summed E-state index contributed by atoms with van der Waals surface area (Å²) in [5.74, 6) is -0.753. The molecule has 0 unspecified atom stereocenters. The van der Waals surface area contributed by atoms with Gasteiger partial charge in [0.15, 0.2) is 5.82 Å². The molecule has 0 saturated carbocycles. The normalized spacial score (nSPS) is 10.5. The molecule has 1 aromatic heterocycles. The van der Waals surface area contributed by atoms with Gasteiger partial charge in [-0.15, -0.1) is 0 Å². The van der Waals surface area contributed by atoms with Gasteiger partial charge < -0.3 is 11.1 Å². The predicted octanol–water partition coefficient (Wildman–Crippen LogP) is 2.76. The minimum atomic E-state index is -0.446. The highest BCUT2D eigenvalue weighted by Crippen LogP contribution is 2.25. The van der Waals surface area contributed by atoms with Crippen molar-refractivity contribution < 1.29 is 9.18 Å². The number of carbonyl (C=O) groups is 1. The number of nitrogens with two attached hydrogens (primary N) is 1. The minimum absolute atomic E-state index is 0.116. The van der Waals surface area contributed by atoms with Crippen LogP contribution >= 0.6 is 15.9 Å². The van der Waals surface area contributed by atoms with E-state index >= 15 is 0 Å². The molecule has 0 bridgehead atoms. The van der Waals surface area contributed by atoms with Crippen molar-refractivity contribution in [1.82, 2.24) is 10.2 Å². The Morgan fingerprint density at radius 2 is 2.16 bits per heavy atom. The highest BCUT2D eigenvalue weighted by Gasteiger charge is 2.17. The number of amides is 1. The van der Waals surface area contributed by atoms with Gasteiger partial charge in [-0.3, -0.25) is 9.89 Å². The molecule has 0 fully saturated rings. The molecule has 0 aliphatic carbocycles. The maximum atomic E-state index is 13.5. The van der Waals surface area contributed by atoms with E-state index in [1.54, 1.807) is 19.9 Å². The van der Waals surface area contributed by atoms with Crippen LogP contribution in [0.15, 0.2) is 16.6 Å². The maximum absolute atomic E-state index is 13.5. The summed E-state index contributed by atoms with van der Waals surface area (Å²) in [6.07, 6.45) is 0. The summed E-state index contributed by atoms with van der Waals surface area (Å²) >= 11 is 3.09. The van der Waals surface area contributed by atoms with E-state index in [0.717, 1.165) is 5.56 Å². The van der Waals surface area contributed by atoms with Crippen LogP contribution in [0, 0.1) is 19.7 Å². The summed E-state index contributed by atoms with van der Waals surface area (Å²) in [5, 5.41) is 8.99. The van der Waals surface area contributed by atoms with E-state index in [0.29, 0.717) is 15.9 Å². The Labute approximate surface area is 117 Å². The number of H-pyrrole nitrogens is 1. The fourth-order valence-corrected chi connectivity index (χ4v) is 2.16. The summed E-state index contributed by atoms with van der Waals surface area (Å²) in [6.45, 7) is 3.46. The molecule has 0 saturated heterocycles. The molecule has 4 N–H and O–H groups in total. The summed E-state index contributed by atoms with van der Waals surface area (Å²) in [4.78, 5) is 12.1. The van der Waals surface area contributed by atoms with Crippen LogP contribution in [0.1, 0.15) is 21.6 Å². The summed E-state index contributed by atoms with van der Waals surface area (Å²) < 4.78 is 13.8. The zero-order valence-electron chi connectivity index (χ0n) is 10.3. The van der Waals surface area contributed by atoms with Crippen LogP contribution in [-0.4, -0.2) is 16.1 Å². The number of anilines is 2. The lowest BCUT2D eigenvalue weighted by Crippen LogP contribution is -2.15. The van der Waals surface area contributed by atoms with Gasteiger partial charge in [0.2, 0.25) is 0 Å². The largest absolute Gasteiger partial charge is 0.382 e. The lowest BCUT2D eigenvalue weighted by atomic mass is 10.1. The molecule has 0 atom stereocenters. The fourth-order valence-electron chi connectivity index (χ4n) is 1.70. The average Bonchev–Trinajstić information content (AvgIpc) is 2.66. The smallest absolute Gasteiger partial charge is 0.261 e. The van der Waals surface area contributed by atoms with Crippen LogP contribution in [-0.2, 0) is 0 Å². The molecule has 2 aromatic rings. The Morgan fingerprint density at radius 1 is 1.47 bits per heavy atom. The van der Waals surface area contributed by atoms with Gasteiger partial charge in [0.1, 0.15) is 11.4 Å². The lowest BCUT2D eigenvalue weighted by Gasteiger charge is -2.09. The van der Waals surface area contributed by atoms with E-state index in [4.69, 9.17) is 5.73 Å². The first kappa shape index (κ1) is 13.5. The van der Waals surface area contributed by atoms with E-state index in [-0.39, 0.29) is 11.4 Å². The Hall–Kier alpha value is -1.89. The number of rotatable bonds is 2. The summed E-state index contributed by atoms with van der Waals surface area (Å²) in [6, 6.07) is 2.85. The third kappa shape index (κ3) is 2.60. The second kappa shape index (κ2) is 5.00. The molecule has 7 heteroatoms. The number of nitrogen functional groups attached to an aromatic ring is 1. The standard InChI is InChI=1S/C12H12BrFN4O/c1-5-3-7(13)8(14)4-9(5)16-12(19)10-6(2)17-18-11(10)15/h3-4H,1-2H3,(H,16,19)(H3,15,17,18). The predicted molar refractivity (Wildman–Crippen MR) is 74.5 cm³/mol. The van der Waals surface area contributed by atoms with Gasteiger partial charge in [-0.25, -0.2) is 4.39 Å². The third-order valence-electron chi connectivity index (χ3n) is 2.72. The number of nitrogens with one attached hydrogen (secondary N) is 2. The number of aryl methyl sites for hydroxylation is 2. The Balaban J connectivity index is 2.32. The molecule has 1 aromatic carbocycles. The number of hydrogen-bond acceptors (Lipinski definition) is 3. The minimum Gasteiger partial charge on any atom is -0.382 e. The first-order valence-electron chi connectivity index (χ1n) is 5.47. The number of aromatic nitrogens is 2. The number of benzene rings is 1. The molecule has 5 nitrogen and oxygen atoms in total. The SMILES string of the molecule is Cc1cc(Br)c(F)cc1NC(=O)c1c(N)n[nH]c1C. The second-order valence-electron chi connectivity index (χ2n) is 4.14. The average molecular weight is 327 g/mol. The number of nitrogens with zero attached hydrogens (tertiary/aromatic N) is 1. The van der Waals surface area contributed by atoms with Gasteiger partial charge in [-0.1, -0.05) is 0 Å². The van der Waals surface area contributed by atoms with E-state index in [1.807, 2.05) is 0 Å². The van der Waals surface area contributed by atoms with E-state index in [1.165, 1.54) is 6.07 Å². The highest BCUT2D eigenvalue weighted by atomic mass is 79.9. The summed E-state index contributed by atoms with van der Waals surface area (Å²) in [7, 11) is 0. The Kier molecular flexibility index (Phi) is 3.57.